The number of amides is 2. The molecular weight excluding hydrogens is 428 g/mol. The molecule has 0 aliphatic rings. The molecule has 0 saturated heterocycles. The van der Waals surface area contributed by atoms with Crippen LogP contribution in [0.25, 0.3) is 0 Å². The molecule has 8 heteroatoms. The zero-order chi connectivity index (χ0) is 22.8. The average molecular weight is 449 g/mol. The van der Waals surface area contributed by atoms with Gasteiger partial charge in [-0.2, -0.15) is 0 Å². The van der Waals surface area contributed by atoms with Gasteiger partial charge in [0, 0.05) is 28.4 Å². The number of carboxylic acid groups (broad SMARTS) is 1. The molecule has 2 amide bonds. The van der Waals surface area contributed by atoms with E-state index in [1.54, 1.807) is 48.5 Å². The fraction of sp³-hybridized carbons (Fsp3) is 0.0417. The molecule has 0 aromatic heterocycles. The molecular formula is C24H20N2O5S. The second-order valence-electron chi connectivity index (χ2n) is 6.46. The molecule has 0 aliphatic heterocycles. The third kappa shape index (κ3) is 7.66. The van der Waals surface area contributed by atoms with Crippen molar-refractivity contribution in [2.45, 2.75) is 4.90 Å². The van der Waals surface area contributed by atoms with Gasteiger partial charge < -0.3 is 20.5 Å². The summed E-state index contributed by atoms with van der Waals surface area (Å²) < 4.78 is 5.73. The average Bonchev–Trinajstić information content (AvgIpc) is 2.79. The Morgan fingerprint density at radius 1 is 0.781 bits per heavy atom. The van der Waals surface area contributed by atoms with Gasteiger partial charge in [0.25, 0.3) is 0 Å². The molecule has 0 spiro atoms. The number of para-hydroxylation sites is 1. The summed E-state index contributed by atoms with van der Waals surface area (Å²) in [5.74, 6) is -0.246. The highest BCUT2D eigenvalue weighted by molar-refractivity contribution is 8.00. The van der Waals surface area contributed by atoms with Crippen molar-refractivity contribution in [2.24, 2.45) is 0 Å². The Hall–Kier alpha value is -4.04. The van der Waals surface area contributed by atoms with Gasteiger partial charge in [-0.25, -0.2) is 4.79 Å². The molecule has 0 heterocycles. The summed E-state index contributed by atoms with van der Waals surface area (Å²) in [5.41, 5.74) is 1.19. The normalized spacial score (nSPS) is 10.5. The molecule has 0 atom stereocenters. The van der Waals surface area contributed by atoms with E-state index in [4.69, 9.17) is 9.84 Å². The van der Waals surface area contributed by atoms with Crippen molar-refractivity contribution in [3.05, 3.63) is 91.0 Å². The Balaban J connectivity index is 1.44. The highest BCUT2D eigenvalue weighted by Crippen LogP contribution is 2.24. The van der Waals surface area contributed by atoms with E-state index in [1.807, 2.05) is 30.3 Å². The lowest BCUT2D eigenvalue weighted by Crippen LogP contribution is -2.13. The van der Waals surface area contributed by atoms with Crippen LogP contribution in [0.2, 0.25) is 0 Å². The number of hydrogen-bond acceptors (Lipinski definition) is 5. The summed E-state index contributed by atoms with van der Waals surface area (Å²) in [6.07, 6.45) is 1.71. The van der Waals surface area contributed by atoms with Crippen LogP contribution in [0.1, 0.15) is 0 Å². The van der Waals surface area contributed by atoms with Crippen molar-refractivity contribution in [3.63, 3.8) is 0 Å². The Labute approximate surface area is 189 Å². The quantitative estimate of drug-likeness (QED) is 0.321. The number of aliphatic carboxylic acids is 1. The Morgan fingerprint density at radius 2 is 1.38 bits per heavy atom. The number of carboxylic acids is 1. The highest BCUT2D eigenvalue weighted by Gasteiger charge is 2.06. The fourth-order valence-electron chi connectivity index (χ4n) is 2.54. The van der Waals surface area contributed by atoms with Crippen molar-refractivity contribution in [1.29, 1.82) is 0 Å². The summed E-state index contributed by atoms with van der Waals surface area (Å²) >= 11 is 1.35. The first-order chi connectivity index (χ1) is 15.5. The van der Waals surface area contributed by atoms with Crippen molar-refractivity contribution >= 4 is 40.9 Å². The second-order valence-corrected chi connectivity index (χ2v) is 7.51. The molecule has 0 radical (unpaired) electrons. The summed E-state index contributed by atoms with van der Waals surface area (Å²) in [7, 11) is 0. The lowest BCUT2D eigenvalue weighted by molar-refractivity contribution is -0.131. The standard InChI is InChI=1S/C24H20N2O5S/c27-22(14-15-24(29)30)25-18-8-12-21(13-9-18)32-16-23(28)26-17-6-10-20(11-7-17)31-19-4-2-1-3-5-19/h1-15H,16H2,(H,25,27)(H,26,28)(H,29,30)/b15-14+. The molecule has 3 aromatic rings. The van der Waals surface area contributed by atoms with E-state index in [9.17, 15) is 14.4 Å². The maximum absolute atomic E-state index is 12.2. The maximum Gasteiger partial charge on any atom is 0.328 e. The van der Waals surface area contributed by atoms with Crippen LogP contribution in [-0.4, -0.2) is 28.6 Å². The van der Waals surface area contributed by atoms with Gasteiger partial charge in [0.2, 0.25) is 11.8 Å². The minimum Gasteiger partial charge on any atom is -0.478 e. The smallest absolute Gasteiger partial charge is 0.328 e. The first kappa shape index (κ1) is 22.6. The molecule has 32 heavy (non-hydrogen) atoms. The van der Waals surface area contributed by atoms with Gasteiger partial charge in [0.15, 0.2) is 0 Å². The van der Waals surface area contributed by atoms with Gasteiger partial charge in [0.05, 0.1) is 5.75 Å². The lowest BCUT2D eigenvalue weighted by Gasteiger charge is -2.08. The van der Waals surface area contributed by atoms with Crippen LogP contribution in [-0.2, 0) is 14.4 Å². The monoisotopic (exact) mass is 448 g/mol. The highest BCUT2D eigenvalue weighted by atomic mass is 32.2. The summed E-state index contributed by atoms with van der Waals surface area (Å²) in [5, 5.41) is 13.9. The number of carbonyl (C=O) groups excluding carboxylic acids is 2. The molecule has 3 N–H and O–H groups in total. The Kier molecular flexibility index (Phi) is 8.05. The van der Waals surface area contributed by atoms with Crippen LogP contribution in [0, 0.1) is 0 Å². The zero-order valence-electron chi connectivity index (χ0n) is 16.9. The van der Waals surface area contributed by atoms with Gasteiger partial charge >= 0.3 is 5.97 Å². The molecule has 0 bridgehead atoms. The van der Waals surface area contributed by atoms with E-state index in [1.165, 1.54) is 11.8 Å². The number of anilines is 2. The number of hydrogen-bond donors (Lipinski definition) is 3. The topological polar surface area (TPSA) is 105 Å². The van der Waals surface area contributed by atoms with Crippen molar-refractivity contribution in [3.8, 4) is 11.5 Å². The first-order valence-electron chi connectivity index (χ1n) is 9.55. The van der Waals surface area contributed by atoms with Crippen LogP contribution in [0.5, 0.6) is 11.5 Å². The predicted molar refractivity (Wildman–Crippen MR) is 124 cm³/mol. The van der Waals surface area contributed by atoms with Gasteiger partial charge in [-0.1, -0.05) is 18.2 Å². The van der Waals surface area contributed by atoms with E-state index in [2.05, 4.69) is 10.6 Å². The second kappa shape index (κ2) is 11.4. The van der Waals surface area contributed by atoms with Crippen LogP contribution >= 0.6 is 11.8 Å². The molecule has 3 rings (SSSR count). The van der Waals surface area contributed by atoms with Crippen molar-refractivity contribution in [2.75, 3.05) is 16.4 Å². The van der Waals surface area contributed by atoms with Gasteiger partial charge in [-0.3, -0.25) is 9.59 Å². The molecule has 0 aliphatic carbocycles. The zero-order valence-corrected chi connectivity index (χ0v) is 17.7. The predicted octanol–water partition coefficient (Wildman–Crippen LogP) is 4.79. The van der Waals surface area contributed by atoms with E-state index in [-0.39, 0.29) is 11.7 Å². The van der Waals surface area contributed by atoms with E-state index in [0.717, 1.165) is 22.8 Å². The molecule has 0 fully saturated rings. The van der Waals surface area contributed by atoms with E-state index in [0.29, 0.717) is 17.1 Å². The summed E-state index contributed by atoms with van der Waals surface area (Å²) in [6.45, 7) is 0. The first-order valence-corrected chi connectivity index (χ1v) is 10.5. The van der Waals surface area contributed by atoms with E-state index >= 15 is 0 Å². The lowest BCUT2D eigenvalue weighted by atomic mass is 10.3. The molecule has 162 valence electrons. The number of carbonyl (C=O) groups is 3. The van der Waals surface area contributed by atoms with Crippen LogP contribution < -0.4 is 15.4 Å². The number of rotatable bonds is 9. The third-order valence-corrected chi connectivity index (χ3v) is 5.00. The van der Waals surface area contributed by atoms with Crippen LogP contribution in [0.3, 0.4) is 0 Å². The molecule has 7 nitrogen and oxygen atoms in total. The van der Waals surface area contributed by atoms with Crippen molar-refractivity contribution in [1.82, 2.24) is 0 Å². The molecule has 0 unspecified atom stereocenters. The summed E-state index contributed by atoms with van der Waals surface area (Å²) in [6, 6.07) is 23.4. The van der Waals surface area contributed by atoms with Crippen LogP contribution in [0.15, 0.2) is 95.9 Å². The molecule has 0 saturated carbocycles. The van der Waals surface area contributed by atoms with Crippen LogP contribution in [0.4, 0.5) is 11.4 Å². The minimum atomic E-state index is -1.19. The largest absolute Gasteiger partial charge is 0.478 e. The number of thioether (sulfide) groups is 1. The fourth-order valence-corrected chi connectivity index (χ4v) is 3.24. The Morgan fingerprint density at radius 3 is 2.03 bits per heavy atom. The van der Waals surface area contributed by atoms with E-state index < -0.39 is 11.9 Å². The van der Waals surface area contributed by atoms with Gasteiger partial charge in [-0.05, 0) is 60.7 Å². The third-order valence-electron chi connectivity index (χ3n) is 3.99. The SMILES string of the molecule is O=C(O)/C=C/C(=O)Nc1ccc(SCC(=O)Nc2ccc(Oc3ccccc3)cc2)cc1. The molecule has 3 aromatic carbocycles. The van der Waals surface area contributed by atoms with Gasteiger partial charge in [-0.15, -0.1) is 11.8 Å². The number of ether oxygens (including phenoxy) is 1. The number of benzene rings is 3. The van der Waals surface area contributed by atoms with Gasteiger partial charge in [0.1, 0.15) is 11.5 Å². The van der Waals surface area contributed by atoms with Crippen molar-refractivity contribution < 1.29 is 24.2 Å². The minimum absolute atomic E-state index is 0.150. The maximum atomic E-state index is 12.2. The Bertz CT molecular complexity index is 1100. The summed E-state index contributed by atoms with van der Waals surface area (Å²) in [4.78, 5) is 35.1. The number of nitrogens with one attached hydrogen (secondary N) is 2.